The van der Waals surface area contributed by atoms with Crippen molar-refractivity contribution in [2.75, 3.05) is 18.1 Å². The molecule has 0 aliphatic carbocycles. The van der Waals surface area contributed by atoms with E-state index in [1.807, 2.05) is 6.07 Å². The van der Waals surface area contributed by atoms with Gasteiger partial charge >= 0.3 is 6.09 Å². The Labute approximate surface area is 99.4 Å². The van der Waals surface area contributed by atoms with Crippen molar-refractivity contribution in [3.05, 3.63) is 29.8 Å². The Balaban J connectivity index is 2.28. The van der Waals surface area contributed by atoms with Gasteiger partial charge in [0.1, 0.15) is 0 Å². The highest BCUT2D eigenvalue weighted by Crippen LogP contribution is 2.23. The lowest BCUT2D eigenvalue weighted by Gasteiger charge is -2.34. The van der Waals surface area contributed by atoms with Gasteiger partial charge in [0, 0.05) is 18.7 Å². The van der Waals surface area contributed by atoms with Crippen LogP contribution in [0.3, 0.4) is 0 Å². The number of ether oxygens (including phenoxy) is 1. The fourth-order valence-corrected chi connectivity index (χ4v) is 1.87. The largest absolute Gasteiger partial charge is 0.449 e. The van der Waals surface area contributed by atoms with Crippen molar-refractivity contribution in [2.45, 2.75) is 12.5 Å². The SMILES string of the molecule is N#Cc1ccc(N2C(=O)OCCC2CN)cc1. The molecule has 5 nitrogen and oxygen atoms in total. The monoisotopic (exact) mass is 231 g/mol. The zero-order chi connectivity index (χ0) is 12.3. The predicted octanol–water partition coefficient (Wildman–Crippen LogP) is 1.23. The predicted molar refractivity (Wildman–Crippen MR) is 62.4 cm³/mol. The zero-order valence-electron chi connectivity index (χ0n) is 9.30. The fraction of sp³-hybridized carbons (Fsp3) is 0.333. The number of amides is 1. The van der Waals surface area contributed by atoms with Gasteiger partial charge in [-0.25, -0.2) is 4.79 Å². The van der Waals surface area contributed by atoms with Crippen LogP contribution >= 0.6 is 0 Å². The molecule has 1 amide bonds. The fourth-order valence-electron chi connectivity index (χ4n) is 1.87. The second-order valence-electron chi connectivity index (χ2n) is 3.82. The van der Waals surface area contributed by atoms with E-state index < -0.39 is 0 Å². The van der Waals surface area contributed by atoms with E-state index in [4.69, 9.17) is 15.7 Å². The molecule has 0 bridgehead atoms. The molecule has 5 heteroatoms. The summed E-state index contributed by atoms with van der Waals surface area (Å²) in [5.74, 6) is 0. The minimum absolute atomic E-state index is 0.0378. The molecule has 1 aliphatic rings. The van der Waals surface area contributed by atoms with Gasteiger partial charge in [0.15, 0.2) is 0 Å². The van der Waals surface area contributed by atoms with Crippen LogP contribution in [0.15, 0.2) is 24.3 Å². The average Bonchev–Trinajstić information content (AvgIpc) is 2.38. The Morgan fingerprint density at radius 3 is 2.76 bits per heavy atom. The summed E-state index contributed by atoms with van der Waals surface area (Å²) < 4.78 is 5.00. The van der Waals surface area contributed by atoms with Crippen molar-refractivity contribution in [2.24, 2.45) is 5.73 Å². The van der Waals surface area contributed by atoms with E-state index in [9.17, 15) is 4.79 Å². The molecule has 2 N–H and O–H groups in total. The second kappa shape index (κ2) is 4.85. The van der Waals surface area contributed by atoms with Crippen LogP contribution in [0.1, 0.15) is 12.0 Å². The summed E-state index contributed by atoms with van der Waals surface area (Å²) in [6.45, 7) is 0.808. The van der Waals surface area contributed by atoms with Gasteiger partial charge in [0.2, 0.25) is 0 Å². The lowest BCUT2D eigenvalue weighted by molar-refractivity contribution is 0.130. The quantitative estimate of drug-likeness (QED) is 0.830. The molecular formula is C12H13N3O2. The van der Waals surface area contributed by atoms with Crippen LogP contribution in [0.2, 0.25) is 0 Å². The topological polar surface area (TPSA) is 79.3 Å². The molecule has 1 aliphatic heterocycles. The molecule has 1 heterocycles. The number of hydrogen-bond donors (Lipinski definition) is 1. The van der Waals surface area contributed by atoms with E-state index >= 15 is 0 Å². The minimum Gasteiger partial charge on any atom is -0.449 e. The van der Waals surface area contributed by atoms with Crippen LogP contribution in [0, 0.1) is 11.3 Å². The van der Waals surface area contributed by atoms with Gasteiger partial charge < -0.3 is 10.5 Å². The van der Waals surface area contributed by atoms with Gasteiger partial charge in [-0.05, 0) is 24.3 Å². The summed E-state index contributed by atoms with van der Waals surface area (Å²) >= 11 is 0. The third-order valence-corrected chi connectivity index (χ3v) is 2.79. The molecule has 1 unspecified atom stereocenters. The molecular weight excluding hydrogens is 218 g/mol. The van der Waals surface area contributed by atoms with Gasteiger partial charge in [-0.2, -0.15) is 5.26 Å². The summed E-state index contributed by atoms with van der Waals surface area (Å²) in [6.07, 6.45) is 0.346. The summed E-state index contributed by atoms with van der Waals surface area (Å²) in [4.78, 5) is 13.2. The van der Waals surface area contributed by atoms with Crippen LogP contribution in [0.5, 0.6) is 0 Å². The lowest BCUT2D eigenvalue weighted by atomic mass is 10.1. The number of carbonyl (C=O) groups is 1. The number of cyclic esters (lactones) is 1. The highest BCUT2D eigenvalue weighted by molar-refractivity contribution is 5.89. The average molecular weight is 231 g/mol. The first-order valence-corrected chi connectivity index (χ1v) is 5.42. The molecule has 1 aromatic carbocycles. The van der Waals surface area contributed by atoms with E-state index in [-0.39, 0.29) is 12.1 Å². The smallest absolute Gasteiger partial charge is 0.414 e. The molecule has 88 valence electrons. The van der Waals surface area contributed by atoms with Gasteiger partial charge in [0.05, 0.1) is 24.3 Å². The number of benzene rings is 1. The van der Waals surface area contributed by atoms with E-state index in [1.54, 1.807) is 29.2 Å². The molecule has 1 aromatic rings. The van der Waals surface area contributed by atoms with E-state index in [2.05, 4.69) is 0 Å². The van der Waals surface area contributed by atoms with Gasteiger partial charge in [-0.1, -0.05) is 0 Å². The number of nitrogens with two attached hydrogens (primary N) is 1. The normalized spacial score (nSPS) is 19.6. The standard InChI is InChI=1S/C12H13N3O2/c13-7-9-1-3-10(4-2-9)15-11(8-14)5-6-17-12(15)16/h1-4,11H,5-6,8,14H2. The summed E-state index contributed by atoms with van der Waals surface area (Å²) in [5, 5.41) is 8.71. The lowest BCUT2D eigenvalue weighted by Crippen LogP contribution is -2.49. The van der Waals surface area contributed by atoms with Crippen molar-refractivity contribution in [3.63, 3.8) is 0 Å². The van der Waals surface area contributed by atoms with Gasteiger partial charge in [0.25, 0.3) is 0 Å². The Morgan fingerprint density at radius 1 is 1.47 bits per heavy atom. The maximum absolute atomic E-state index is 11.7. The van der Waals surface area contributed by atoms with E-state index in [1.165, 1.54) is 0 Å². The number of hydrogen-bond acceptors (Lipinski definition) is 4. The van der Waals surface area contributed by atoms with E-state index in [0.29, 0.717) is 24.4 Å². The van der Waals surface area contributed by atoms with Crippen molar-refractivity contribution in [3.8, 4) is 6.07 Å². The molecule has 1 saturated heterocycles. The highest BCUT2D eigenvalue weighted by Gasteiger charge is 2.29. The van der Waals surface area contributed by atoms with E-state index in [0.717, 1.165) is 6.42 Å². The molecule has 0 spiro atoms. The number of nitrogens with zero attached hydrogens (tertiary/aromatic N) is 2. The first kappa shape index (κ1) is 11.4. The first-order chi connectivity index (χ1) is 8.26. The highest BCUT2D eigenvalue weighted by atomic mass is 16.6. The van der Waals surface area contributed by atoms with Crippen LogP contribution < -0.4 is 10.6 Å². The van der Waals surface area contributed by atoms with Crippen molar-refractivity contribution in [1.29, 1.82) is 5.26 Å². The maximum Gasteiger partial charge on any atom is 0.414 e. The Bertz CT molecular complexity index is 450. The Hall–Kier alpha value is -2.06. The molecule has 0 radical (unpaired) electrons. The van der Waals surface area contributed by atoms with Gasteiger partial charge in [-0.15, -0.1) is 0 Å². The van der Waals surface area contributed by atoms with Crippen LogP contribution in [0.25, 0.3) is 0 Å². The minimum atomic E-state index is -0.378. The van der Waals surface area contributed by atoms with Crippen LogP contribution in [0.4, 0.5) is 10.5 Å². The molecule has 17 heavy (non-hydrogen) atoms. The number of rotatable bonds is 2. The molecule has 0 saturated carbocycles. The van der Waals surface area contributed by atoms with Gasteiger partial charge in [-0.3, -0.25) is 4.90 Å². The number of carbonyl (C=O) groups excluding carboxylic acids is 1. The zero-order valence-corrected chi connectivity index (χ0v) is 9.30. The maximum atomic E-state index is 11.7. The third kappa shape index (κ3) is 2.22. The van der Waals surface area contributed by atoms with Crippen LogP contribution in [-0.4, -0.2) is 25.3 Å². The Kier molecular flexibility index (Phi) is 3.26. The van der Waals surface area contributed by atoms with Crippen molar-refractivity contribution >= 4 is 11.8 Å². The summed E-state index contributed by atoms with van der Waals surface area (Å²) in [5.41, 5.74) is 6.92. The third-order valence-electron chi connectivity index (χ3n) is 2.79. The molecule has 1 atom stereocenters. The molecule has 0 aromatic heterocycles. The first-order valence-electron chi connectivity index (χ1n) is 5.42. The van der Waals surface area contributed by atoms with Crippen molar-refractivity contribution in [1.82, 2.24) is 0 Å². The molecule has 1 fully saturated rings. The summed E-state index contributed by atoms with van der Waals surface area (Å²) in [7, 11) is 0. The summed E-state index contributed by atoms with van der Waals surface area (Å²) in [6, 6.07) is 8.80. The van der Waals surface area contributed by atoms with Crippen LogP contribution in [-0.2, 0) is 4.74 Å². The number of anilines is 1. The molecule has 2 rings (SSSR count). The Morgan fingerprint density at radius 2 is 2.18 bits per heavy atom. The second-order valence-corrected chi connectivity index (χ2v) is 3.82. The van der Waals surface area contributed by atoms with Crippen molar-refractivity contribution < 1.29 is 9.53 Å². The number of nitriles is 1.